The third-order valence-corrected chi connectivity index (χ3v) is 4.18. The third kappa shape index (κ3) is 3.90. The lowest BCUT2D eigenvalue weighted by Crippen LogP contribution is -2.29. The fourth-order valence-corrected chi connectivity index (χ4v) is 2.88. The number of likely N-dealkylation sites (tertiary alicyclic amines) is 1. The molecule has 0 saturated carbocycles. The topological polar surface area (TPSA) is 40.5 Å². The molecule has 1 saturated heterocycles. The molecule has 1 N–H and O–H groups in total. The Hall–Kier alpha value is -0.710. The maximum Gasteiger partial charge on any atom is 0.223 e. The number of carbonyl (C=O) groups is 1. The molecular weight excluding hydrogens is 270 g/mol. The number of aliphatic hydroxyl groups is 1. The van der Waals surface area contributed by atoms with Crippen molar-refractivity contribution in [2.45, 2.75) is 23.8 Å². The van der Waals surface area contributed by atoms with E-state index in [9.17, 15) is 9.90 Å². The van der Waals surface area contributed by atoms with Gasteiger partial charge in [0.1, 0.15) is 0 Å². The average molecular weight is 286 g/mol. The number of hydrogen-bond donors (Lipinski definition) is 1. The first-order valence-electron chi connectivity index (χ1n) is 5.99. The molecule has 1 aliphatic rings. The van der Waals surface area contributed by atoms with Crippen LogP contribution < -0.4 is 0 Å². The molecule has 0 radical (unpaired) electrons. The molecule has 0 bridgehead atoms. The van der Waals surface area contributed by atoms with Crippen LogP contribution in [-0.2, 0) is 4.79 Å². The van der Waals surface area contributed by atoms with Gasteiger partial charge in [0.15, 0.2) is 0 Å². The van der Waals surface area contributed by atoms with E-state index in [1.54, 1.807) is 16.7 Å². The third-order valence-electron chi connectivity index (χ3n) is 2.91. The van der Waals surface area contributed by atoms with E-state index >= 15 is 0 Å². The summed E-state index contributed by atoms with van der Waals surface area (Å²) in [6, 6.07) is 7.61. The smallest absolute Gasteiger partial charge is 0.223 e. The standard InChI is InChI=1S/C13H16ClNO2S/c14-10-1-3-12(4-2-10)18-8-6-13(17)15-7-5-11(16)9-15/h1-4,11,16H,5-9H2/t11-/m1/s1. The SMILES string of the molecule is O=C(CCSc1ccc(Cl)cc1)N1CC[C@@H](O)C1. The summed E-state index contributed by atoms with van der Waals surface area (Å²) in [5.74, 6) is 0.889. The molecule has 0 aliphatic carbocycles. The largest absolute Gasteiger partial charge is 0.391 e. The van der Waals surface area contributed by atoms with Crippen LogP contribution in [0.4, 0.5) is 0 Å². The van der Waals surface area contributed by atoms with Crippen LogP contribution in [0.15, 0.2) is 29.2 Å². The highest BCUT2D eigenvalue weighted by atomic mass is 35.5. The number of aliphatic hydroxyl groups excluding tert-OH is 1. The van der Waals surface area contributed by atoms with Crippen molar-refractivity contribution in [3.8, 4) is 0 Å². The molecule has 1 aromatic carbocycles. The van der Waals surface area contributed by atoms with Gasteiger partial charge in [-0.15, -0.1) is 11.8 Å². The molecule has 1 heterocycles. The van der Waals surface area contributed by atoms with Crippen molar-refractivity contribution in [1.82, 2.24) is 4.90 Å². The lowest BCUT2D eigenvalue weighted by atomic mass is 10.3. The van der Waals surface area contributed by atoms with Gasteiger partial charge in [0.25, 0.3) is 0 Å². The molecular formula is C13H16ClNO2S. The highest BCUT2D eigenvalue weighted by Gasteiger charge is 2.23. The zero-order valence-electron chi connectivity index (χ0n) is 10.0. The summed E-state index contributed by atoms with van der Waals surface area (Å²) in [5, 5.41) is 10.1. The summed E-state index contributed by atoms with van der Waals surface area (Å²) in [5.41, 5.74) is 0. The van der Waals surface area contributed by atoms with Gasteiger partial charge in [0, 0.05) is 35.2 Å². The van der Waals surface area contributed by atoms with Gasteiger partial charge in [-0.1, -0.05) is 11.6 Å². The van der Waals surface area contributed by atoms with Crippen molar-refractivity contribution in [2.24, 2.45) is 0 Å². The number of β-amino-alcohol motifs (C(OH)–C–C–N with tert-alkyl or cyclic N) is 1. The predicted molar refractivity (Wildman–Crippen MR) is 74.0 cm³/mol. The van der Waals surface area contributed by atoms with E-state index in [1.807, 2.05) is 24.3 Å². The monoisotopic (exact) mass is 285 g/mol. The van der Waals surface area contributed by atoms with Crippen molar-refractivity contribution in [2.75, 3.05) is 18.8 Å². The summed E-state index contributed by atoms with van der Waals surface area (Å²) < 4.78 is 0. The van der Waals surface area contributed by atoms with Crippen LogP contribution in [0.5, 0.6) is 0 Å². The Morgan fingerprint density at radius 3 is 2.78 bits per heavy atom. The highest BCUT2D eigenvalue weighted by Crippen LogP contribution is 2.21. The van der Waals surface area contributed by atoms with Gasteiger partial charge in [-0.2, -0.15) is 0 Å². The molecule has 2 rings (SSSR count). The van der Waals surface area contributed by atoms with Crippen LogP contribution in [-0.4, -0.2) is 40.9 Å². The van der Waals surface area contributed by atoms with Gasteiger partial charge in [-0.25, -0.2) is 0 Å². The highest BCUT2D eigenvalue weighted by molar-refractivity contribution is 7.99. The number of rotatable bonds is 4. The van der Waals surface area contributed by atoms with Crippen LogP contribution >= 0.6 is 23.4 Å². The Morgan fingerprint density at radius 1 is 1.44 bits per heavy atom. The summed E-state index contributed by atoms with van der Waals surface area (Å²) in [7, 11) is 0. The number of benzene rings is 1. The Balaban J connectivity index is 1.72. The van der Waals surface area contributed by atoms with Crippen molar-refractivity contribution in [3.63, 3.8) is 0 Å². The molecule has 1 fully saturated rings. The van der Waals surface area contributed by atoms with Crippen molar-refractivity contribution in [1.29, 1.82) is 0 Å². The van der Waals surface area contributed by atoms with Crippen molar-refractivity contribution >= 4 is 29.3 Å². The van der Waals surface area contributed by atoms with Crippen molar-refractivity contribution in [3.05, 3.63) is 29.3 Å². The Labute approximate surface area is 116 Å². The molecule has 1 atom stereocenters. The van der Waals surface area contributed by atoms with Gasteiger partial charge in [-0.3, -0.25) is 4.79 Å². The zero-order valence-corrected chi connectivity index (χ0v) is 11.6. The van der Waals surface area contributed by atoms with Crippen LogP contribution in [0.1, 0.15) is 12.8 Å². The zero-order chi connectivity index (χ0) is 13.0. The summed E-state index contributed by atoms with van der Waals surface area (Å²) in [6.07, 6.45) is 0.883. The first-order chi connectivity index (χ1) is 8.65. The molecule has 0 aromatic heterocycles. The van der Waals surface area contributed by atoms with E-state index in [1.165, 1.54) is 0 Å². The first-order valence-corrected chi connectivity index (χ1v) is 7.36. The molecule has 5 heteroatoms. The van der Waals surface area contributed by atoms with Gasteiger partial charge in [0.2, 0.25) is 5.91 Å². The Kier molecular flexibility index (Phi) is 4.92. The second kappa shape index (κ2) is 6.45. The summed E-state index contributed by atoms with van der Waals surface area (Å²) in [4.78, 5) is 14.7. The van der Waals surface area contributed by atoms with Crippen LogP contribution in [0.3, 0.4) is 0 Å². The van der Waals surface area contributed by atoms with E-state index in [0.717, 1.165) is 15.7 Å². The molecule has 1 aromatic rings. The van der Waals surface area contributed by atoms with E-state index in [4.69, 9.17) is 11.6 Å². The number of hydrogen-bond acceptors (Lipinski definition) is 3. The predicted octanol–water partition coefficient (Wildman–Crippen LogP) is 2.42. The molecule has 1 amide bonds. The second-order valence-electron chi connectivity index (χ2n) is 4.33. The minimum Gasteiger partial charge on any atom is -0.391 e. The normalized spacial score (nSPS) is 19.2. The number of thioether (sulfide) groups is 1. The molecule has 98 valence electrons. The number of amides is 1. The van der Waals surface area contributed by atoms with Crippen LogP contribution in [0.2, 0.25) is 5.02 Å². The second-order valence-corrected chi connectivity index (χ2v) is 5.94. The number of nitrogens with zero attached hydrogens (tertiary/aromatic N) is 1. The van der Waals surface area contributed by atoms with Crippen LogP contribution in [0, 0.1) is 0 Å². The maximum atomic E-state index is 11.8. The fourth-order valence-electron chi connectivity index (χ4n) is 1.91. The minimum absolute atomic E-state index is 0.132. The molecule has 3 nitrogen and oxygen atoms in total. The number of carbonyl (C=O) groups excluding carboxylic acids is 1. The fraction of sp³-hybridized carbons (Fsp3) is 0.462. The lowest BCUT2D eigenvalue weighted by molar-refractivity contribution is -0.130. The number of halogens is 1. The average Bonchev–Trinajstić information content (AvgIpc) is 2.78. The summed E-state index contributed by atoms with van der Waals surface area (Å²) >= 11 is 7.45. The molecule has 18 heavy (non-hydrogen) atoms. The Bertz CT molecular complexity index is 410. The Morgan fingerprint density at radius 2 is 2.17 bits per heavy atom. The summed E-state index contributed by atoms with van der Waals surface area (Å²) in [6.45, 7) is 1.18. The van der Waals surface area contributed by atoms with E-state index in [-0.39, 0.29) is 12.0 Å². The quantitative estimate of drug-likeness (QED) is 0.864. The van der Waals surface area contributed by atoms with E-state index < -0.39 is 0 Å². The van der Waals surface area contributed by atoms with Crippen LogP contribution in [0.25, 0.3) is 0 Å². The maximum absolute atomic E-state index is 11.8. The minimum atomic E-state index is -0.335. The molecule has 0 spiro atoms. The van der Waals surface area contributed by atoms with Gasteiger partial charge >= 0.3 is 0 Å². The van der Waals surface area contributed by atoms with Gasteiger partial charge in [0.05, 0.1) is 6.10 Å². The van der Waals surface area contributed by atoms with Gasteiger partial charge in [-0.05, 0) is 30.7 Å². The first kappa shape index (κ1) is 13.7. The van der Waals surface area contributed by atoms with Gasteiger partial charge < -0.3 is 10.0 Å². The molecule has 0 unspecified atom stereocenters. The lowest BCUT2D eigenvalue weighted by Gasteiger charge is -2.15. The van der Waals surface area contributed by atoms with E-state index in [2.05, 4.69) is 0 Å². The van der Waals surface area contributed by atoms with E-state index in [0.29, 0.717) is 25.9 Å². The molecule has 1 aliphatic heterocycles. The van der Waals surface area contributed by atoms with Crippen molar-refractivity contribution < 1.29 is 9.90 Å².